The molecule has 5 aliphatic rings. The third-order valence-electron chi connectivity index (χ3n) is 10.3. The monoisotopic (exact) mass is 286 g/mol. The van der Waals surface area contributed by atoms with Crippen molar-refractivity contribution in [2.75, 3.05) is 0 Å². The highest BCUT2D eigenvalue weighted by molar-refractivity contribution is 5.42. The van der Waals surface area contributed by atoms with E-state index in [0.29, 0.717) is 0 Å². The fourth-order valence-electron chi connectivity index (χ4n) is 10.2. The Hall–Kier alpha value is 0. The molecule has 5 rings (SSSR count). The van der Waals surface area contributed by atoms with Crippen molar-refractivity contribution in [2.45, 2.75) is 66.7 Å². The van der Waals surface area contributed by atoms with E-state index in [9.17, 15) is 0 Å². The van der Waals surface area contributed by atoms with E-state index in [2.05, 4.69) is 34.6 Å². The Morgan fingerprint density at radius 2 is 1.57 bits per heavy atom. The van der Waals surface area contributed by atoms with Gasteiger partial charge in [0.25, 0.3) is 0 Å². The molecule has 0 aromatic heterocycles. The summed E-state index contributed by atoms with van der Waals surface area (Å²) >= 11 is 0. The molecule has 0 N–H and O–H groups in total. The first kappa shape index (κ1) is 13.4. The Balaban J connectivity index is 1.64. The zero-order valence-electron chi connectivity index (χ0n) is 14.7. The summed E-state index contributed by atoms with van der Waals surface area (Å²) in [5.41, 5.74) is 1.66. The lowest BCUT2D eigenvalue weighted by Crippen LogP contribution is -2.92. The summed E-state index contributed by atoms with van der Waals surface area (Å²) in [6.45, 7) is 12.8. The smallest absolute Gasteiger partial charge is 0.0137 e. The van der Waals surface area contributed by atoms with Crippen molar-refractivity contribution < 1.29 is 0 Å². The van der Waals surface area contributed by atoms with Gasteiger partial charge in [-0.2, -0.15) is 0 Å². The van der Waals surface area contributed by atoms with Gasteiger partial charge in [-0.05, 0) is 76.9 Å². The van der Waals surface area contributed by atoms with Crippen molar-refractivity contribution >= 4 is 0 Å². The molecular weight excluding hydrogens is 252 g/mol. The van der Waals surface area contributed by atoms with Gasteiger partial charge in [-0.1, -0.05) is 53.9 Å². The lowest BCUT2D eigenvalue weighted by Gasteiger charge is -2.95. The average molecular weight is 287 g/mol. The summed E-state index contributed by atoms with van der Waals surface area (Å²) in [4.78, 5) is 0. The van der Waals surface area contributed by atoms with Gasteiger partial charge in [-0.15, -0.1) is 0 Å². The first-order chi connectivity index (χ1) is 10.1. The molecule has 0 aromatic rings. The zero-order chi connectivity index (χ0) is 14.7. The van der Waals surface area contributed by atoms with E-state index in [1.807, 2.05) is 0 Å². The Kier molecular flexibility index (Phi) is 2.39. The van der Waals surface area contributed by atoms with Crippen molar-refractivity contribution in [3.8, 4) is 0 Å². The van der Waals surface area contributed by atoms with Gasteiger partial charge in [0.15, 0.2) is 0 Å². The predicted molar refractivity (Wildman–Crippen MR) is 87.7 cm³/mol. The lowest BCUT2D eigenvalue weighted by molar-refractivity contribution is -0.492. The van der Waals surface area contributed by atoms with Gasteiger partial charge >= 0.3 is 0 Å². The number of hydrogen-bond acceptors (Lipinski definition) is 0. The van der Waals surface area contributed by atoms with Crippen LogP contribution in [0.15, 0.2) is 0 Å². The van der Waals surface area contributed by atoms with Crippen LogP contribution in [-0.4, -0.2) is 0 Å². The molecule has 0 heterocycles. The molecule has 11 atom stereocenters. The molecular formula is C21H34. The van der Waals surface area contributed by atoms with Crippen LogP contribution in [0.25, 0.3) is 0 Å². The third kappa shape index (κ3) is 0.964. The Morgan fingerprint density at radius 3 is 2.14 bits per heavy atom. The van der Waals surface area contributed by atoms with Gasteiger partial charge in [-0.25, -0.2) is 0 Å². The van der Waals surface area contributed by atoms with Crippen LogP contribution < -0.4 is 0 Å². The largest absolute Gasteiger partial charge is 0.0651 e. The zero-order valence-corrected chi connectivity index (χ0v) is 14.7. The summed E-state index contributed by atoms with van der Waals surface area (Å²) in [6, 6.07) is 0. The molecule has 11 unspecified atom stereocenters. The highest BCUT2D eigenvalue weighted by atomic mass is 15.0. The quantitative estimate of drug-likeness (QED) is 0.629. The van der Waals surface area contributed by atoms with Crippen molar-refractivity contribution in [1.82, 2.24) is 0 Å². The molecule has 5 fully saturated rings. The first-order valence-electron chi connectivity index (χ1n) is 10.1. The molecule has 0 aromatic carbocycles. The summed E-state index contributed by atoms with van der Waals surface area (Å²) in [5.74, 6) is 10.0. The van der Waals surface area contributed by atoms with Crippen LogP contribution in [0.5, 0.6) is 0 Å². The number of rotatable bonds is 4. The van der Waals surface area contributed by atoms with Gasteiger partial charge < -0.3 is 0 Å². The maximum atomic E-state index is 2.74. The topological polar surface area (TPSA) is 0 Å². The van der Waals surface area contributed by atoms with Gasteiger partial charge in [0.2, 0.25) is 0 Å². The Labute approximate surface area is 131 Å². The van der Waals surface area contributed by atoms with E-state index < -0.39 is 0 Å². The lowest BCUT2D eigenvalue weighted by atomic mass is 9.08. The standard InChI is InChI=1S/C21H34/c1-6-11(4)17-16-12(7-2)13(8-3)18-14-9-10-15-19(16)21(17,18)20(14,15)5/h11-19H,6-10H2,1-5H3. The Morgan fingerprint density at radius 1 is 0.952 bits per heavy atom. The molecule has 2 bridgehead atoms. The molecule has 0 amide bonds. The van der Waals surface area contributed by atoms with E-state index >= 15 is 0 Å². The summed E-state index contributed by atoms with van der Waals surface area (Å²) in [5, 5.41) is 0. The van der Waals surface area contributed by atoms with Crippen LogP contribution in [-0.2, 0) is 0 Å². The molecule has 0 heteroatoms. The molecule has 21 heavy (non-hydrogen) atoms. The van der Waals surface area contributed by atoms with Crippen LogP contribution in [0.2, 0.25) is 0 Å². The maximum absolute atomic E-state index is 2.74. The van der Waals surface area contributed by atoms with Crippen molar-refractivity contribution in [3.05, 3.63) is 0 Å². The van der Waals surface area contributed by atoms with Gasteiger partial charge in [-0.3, -0.25) is 0 Å². The second-order valence-electron chi connectivity index (χ2n) is 9.69. The van der Waals surface area contributed by atoms with E-state index in [0.717, 1.165) is 58.2 Å². The molecule has 0 nitrogen and oxygen atoms in total. The van der Waals surface area contributed by atoms with Crippen LogP contribution in [0.3, 0.4) is 0 Å². The van der Waals surface area contributed by atoms with E-state index in [1.165, 1.54) is 25.2 Å². The van der Waals surface area contributed by atoms with Crippen LogP contribution in [0.4, 0.5) is 0 Å². The second-order valence-corrected chi connectivity index (χ2v) is 9.69. The van der Waals surface area contributed by atoms with Crippen LogP contribution in [0.1, 0.15) is 66.7 Å². The maximum Gasteiger partial charge on any atom is -0.0137 e. The summed E-state index contributed by atoms with van der Waals surface area (Å²) < 4.78 is 0. The normalized spacial score (nSPS) is 66.7. The van der Waals surface area contributed by atoms with Crippen LogP contribution >= 0.6 is 0 Å². The van der Waals surface area contributed by atoms with E-state index in [-0.39, 0.29) is 0 Å². The highest BCUT2D eigenvalue weighted by Gasteiger charge is 2.95. The van der Waals surface area contributed by atoms with Gasteiger partial charge in [0.05, 0.1) is 0 Å². The minimum atomic E-state index is 0.805. The minimum Gasteiger partial charge on any atom is -0.0651 e. The van der Waals surface area contributed by atoms with Gasteiger partial charge in [0, 0.05) is 0 Å². The summed E-state index contributed by atoms with van der Waals surface area (Å²) in [7, 11) is 0. The van der Waals surface area contributed by atoms with Crippen molar-refractivity contribution in [2.24, 2.45) is 64.1 Å². The first-order valence-corrected chi connectivity index (χ1v) is 10.1. The molecule has 5 saturated carbocycles. The molecule has 0 aliphatic heterocycles. The Bertz CT molecular complexity index is 480. The van der Waals surface area contributed by atoms with Crippen molar-refractivity contribution in [3.63, 3.8) is 0 Å². The third-order valence-corrected chi connectivity index (χ3v) is 10.3. The molecule has 1 spiro atoms. The molecule has 0 saturated heterocycles. The molecule has 0 radical (unpaired) electrons. The van der Waals surface area contributed by atoms with E-state index in [1.54, 1.807) is 12.8 Å². The number of fused-ring (bicyclic) bond motifs is 4. The van der Waals surface area contributed by atoms with Crippen LogP contribution in [0, 0.1) is 64.1 Å². The number of hydrogen-bond donors (Lipinski definition) is 0. The summed E-state index contributed by atoms with van der Waals surface area (Å²) in [6.07, 6.45) is 7.55. The average Bonchev–Trinajstić information content (AvgIpc) is 2.66. The molecule has 118 valence electrons. The van der Waals surface area contributed by atoms with Gasteiger partial charge in [0.1, 0.15) is 0 Å². The predicted octanol–water partition coefficient (Wildman–Crippen LogP) is 5.62. The second kappa shape index (κ2) is 3.73. The fraction of sp³-hybridized carbons (Fsp3) is 1.00. The highest BCUT2D eigenvalue weighted by Crippen LogP contribution is 2.99. The van der Waals surface area contributed by atoms with Crippen molar-refractivity contribution in [1.29, 1.82) is 0 Å². The van der Waals surface area contributed by atoms with E-state index in [4.69, 9.17) is 0 Å². The molecule has 5 aliphatic carbocycles. The SMILES string of the molecule is CCC(C)C1C2C(CC)C(CC)C3C4CCC5C2C13C45C. The fourth-order valence-corrected chi connectivity index (χ4v) is 10.2. The minimum absolute atomic E-state index is 0.805.